The van der Waals surface area contributed by atoms with Gasteiger partial charge in [0, 0.05) is 11.3 Å². The standard InChI is InChI=1S/C17H26O5/c1-3-5-7-16-9-10(12-13(16)22-12)11(14(18)19)17(16,15(20)21)8-6-4-2/h10-13H,3-9H2,1-2H3,(H,18,19)(H,20,21). The molecular weight excluding hydrogens is 284 g/mol. The zero-order valence-electron chi connectivity index (χ0n) is 13.4. The quantitative estimate of drug-likeness (QED) is 0.673. The minimum absolute atomic E-state index is 0.00735. The molecule has 0 radical (unpaired) electrons. The van der Waals surface area contributed by atoms with Crippen molar-refractivity contribution >= 4 is 11.9 Å². The summed E-state index contributed by atoms with van der Waals surface area (Å²) in [6.07, 6.45) is 5.50. The van der Waals surface area contributed by atoms with Crippen LogP contribution in [0.25, 0.3) is 0 Å². The van der Waals surface area contributed by atoms with Crippen molar-refractivity contribution in [3.05, 3.63) is 0 Å². The van der Waals surface area contributed by atoms with E-state index in [1.54, 1.807) is 0 Å². The second-order valence-corrected chi connectivity index (χ2v) is 7.34. The van der Waals surface area contributed by atoms with E-state index in [0.717, 1.165) is 38.5 Å². The van der Waals surface area contributed by atoms with E-state index in [9.17, 15) is 19.8 Å². The Morgan fingerprint density at radius 2 is 1.77 bits per heavy atom. The lowest BCUT2D eigenvalue weighted by molar-refractivity contribution is -0.174. The molecule has 5 nitrogen and oxygen atoms in total. The van der Waals surface area contributed by atoms with Gasteiger partial charge in [-0.1, -0.05) is 39.5 Å². The van der Waals surface area contributed by atoms with Crippen molar-refractivity contribution in [2.45, 2.75) is 71.0 Å². The molecule has 6 unspecified atom stereocenters. The number of hydrogen-bond donors (Lipinski definition) is 2. The summed E-state index contributed by atoms with van der Waals surface area (Å²) in [7, 11) is 0. The SMILES string of the molecule is CCCCC12CC(C3OC31)C(C(=O)O)C2(CCCC)C(=O)O. The summed E-state index contributed by atoms with van der Waals surface area (Å²) < 4.78 is 5.78. The highest BCUT2D eigenvalue weighted by Gasteiger charge is 2.83. The van der Waals surface area contributed by atoms with E-state index in [1.165, 1.54) is 0 Å². The average Bonchev–Trinajstić information content (AvgIpc) is 3.15. The maximum atomic E-state index is 12.3. The topological polar surface area (TPSA) is 87.1 Å². The van der Waals surface area contributed by atoms with Gasteiger partial charge in [0.15, 0.2) is 0 Å². The second kappa shape index (κ2) is 5.22. The van der Waals surface area contributed by atoms with Crippen LogP contribution >= 0.6 is 0 Å². The molecular formula is C17H26O5. The minimum Gasteiger partial charge on any atom is -0.481 e. The summed E-state index contributed by atoms with van der Waals surface area (Å²) in [5.41, 5.74) is -1.62. The number of unbranched alkanes of at least 4 members (excludes halogenated alkanes) is 2. The average molecular weight is 310 g/mol. The minimum atomic E-state index is -1.15. The van der Waals surface area contributed by atoms with Crippen LogP contribution < -0.4 is 0 Å². The summed E-state index contributed by atoms with van der Waals surface area (Å²) in [4.78, 5) is 24.3. The highest BCUT2D eigenvalue weighted by molar-refractivity contribution is 5.87. The fourth-order valence-corrected chi connectivity index (χ4v) is 5.63. The summed E-state index contributed by atoms with van der Waals surface area (Å²) in [5, 5.41) is 19.9. The van der Waals surface area contributed by atoms with Crippen LogP contribution in [0, 0.1) is 22.7 Å². The lowest BCUT2D eigenvalue weighted by atomic mass is 9.54. The van der Waals surface area contributed by atoms with Crippen molar-refractivity contribution in [1.29, 1.82) is 0 Å². The highest BCUT2D eigenvalue weighted by atomic mass is 16.6. The molecule has 6 atom stereocenters. The maximum Gasteiger partial charge on any atom is 0.311 e. The lowest BCUT2D eigenvalue weighted by Crippen LogP contribution is -2.55. The molecule has 0 spiro atoms. The van der Waals surface area contributed by atoms with Gasteiger partial charge >= 0.3 is 11.9 Å². The predicted molar refractivity (Wildman–Crippen MR) is 79.4 cm³/mol. The number of carboxylic acid groups (broad SMARTS) is 2. The number of carbonyl (C=O) groups is 2. The molecule has 2 saturated carbocycles. The van der Waals surface area contributed by atoms with Gasteiger partial charge in [0.1, 0.15) is 0 Å². The van der Waals surface area contributed by atoms with E-state index in [4.69, 9.17) is 4.74 Å². The van der Waals surface area contributed by atoms with Gasteiger partial charge in [-0.05, 0) is 19.3 Å². The third kappa shape index (κ3) is 1.75. The third-order valence-corrected chi connectivity index (χ3v) is 6.49. The Morgan fingerprint density at radius 3 is 2.32 bits per heavy atom. The molecule has 0 aromatic carbocycles. The van der Waals surface area contributed by atoms with Crippen LogP contribution in [0.3, 0.4) is 0 Å². The van der Waals surface area contributed by atoms with E-state index < -0.39 is 28.7 Å². The van der Waals surface area contributed by atoms with Crippen molar-refractivity contribution in [3.63, 3.8) is 0 Å². The summed E-state index contributed by atoms with van der Waals surface area (Å²) in [6.45, 7) is 4.11. The monoisotopic (exact) mass is 310 g/mol. The maximum absolute atomic E-state index is 12.3. The van der Waals surface area contributed by atoms with Crippen molar-refractivity contribution < 1.29 is 24.5 Å². The molecule has 3 aliphatic rings. The molecule has 0 aromatic rings. The number of fused-ring (bicyclic) bond motifs is 5. The molecule has 1 heterocycles. The van der Waals surface area contributed by atoms with Gasteiger partial charge in [0.05, 0.1) is 23.5 Å². The Hall–Kier alpha value is -1.10. The molecule has 2 aliphatic carbocycles. The molecule has 5 heteroatoms. The predicted octanol–water partition coefficient (Wildman–Crippen LogP) is 2.93. The number of epoxide rings is 1. The van der Waals surface area contributed by atoms with E-state index in [2.05, 4.69) is 6.92 Å². The number of rotatable bonds is 8. The lowest BCUT2D eigenvalue weighted by Gasteiger charge is -2.45. The first-order valence-electron chi connectivity index (χ1n) is 8.58. The van der Waals surface area contributed by atoms with Gasteiger partial charge in [-0.3, -0.25) is 9.59 Å². The number of ether oxygens (including phenoxy) is 1. The Labute approximate surface area is 131 Å². The molecule has 124 valence electrons. The molecule has 3 rings (SSSR count). The summed E-state index contributed by atoms with van der Waals surface area (Å²) in [6, 6.07) is 0. The van der Waals surface area contributed by atoms with Crippen LogP contribution in [0.1, 0.15) is 58.8 Å². The molecule has 0 amide bonds. The highest BCUT2D eigenvalue weighted by Crippen LogP contribution is 2.76. The molecule has 0 aromatic heterocycles. The summed E-state index contributed by atoms with van der Waals surface area (Å²) in [5.74, 6) is -2.78. The Balaban J connectivity index is 2.07. The first kappa shape index (κ1) is 15.8. The normalized spacial score (nSPS) is 44.8. The van der Waals surface area contributed by atoms with Crippen LogP contribution in [-0.2, 0) is 14.3 Å². The van der Waals surface area contributed by atoms with Gasteiger partial charge in [-0.2, -0.15) is 0 Å². The number of aliphatic carboxylic acids is 2. The van der Waals surface area contributed by atoms with Crippen molar-refractivity contribution in [1.82, 2.24) is 0 Å². The smallest absolute Gasteiger partial charge is 0.311 e. The number of hydrogen-bond acceptors (Lipinski definition) is 3. The zero-order chi connectivity index (χ0) is 16.1. The van der Waals surface area contributed by atoms with E-state index in [1.807, 2.05) is 6.92 Å². The second-order valence-electron chi connectivity index (χ2n) is 7.34. The van der Waals surface area contributed by atoms with Crippen LogP contribution in [0.2, 0.25) is 0 Å². The number of carboxylic acids is 2. The largest absolute Gasteiger partial charge is 0.481 e. The van der Waals surface area contributed by atoms with Crippen LogP contribution in [0.5, 0.6) is 0 Å². The fraction of sp³-hybridized carbons (Fsp3) is 0.882. The molecule has 2 bridgehead atoms. The van der Waals surface area contributed by atoms with Crippen molar-refractivity contribution in [2.24, 2.45) is 22.7 Å². The Bertz CT molecular complexity index is 489. The third-order valence-electron chi connectivity index (χ3n) is 6.49. The van der Waals surface area contributed by atoms with Gasteiger partial charge < -0.3 is 14.9 Å². The van der Waals surface area contributed by atoms with E-state index >= 15 is 0 Å². The molecule has 22 heavy (non-hydrogen) atoms. The Kier molecular flexibility index (Phi) is 3.75. The van der Waals surface area contributed by atoms with Crippen LogP contribution in [-0.4, -0.2) is 34.4 Å². The van der Waals surface area contributed by atoms with Gasteiger partial charge in [-0.15, -0.1) is 0 Å². The summed E-state index contributed by atoms with van der Waals surface area (Å²) >= 11 is 0. The van der Waals surface area contributed by atoms with Gasteiger partial charge in [0.2, 0.25) is 0 Å². The van der Waals surface area contributed by atoms with Crippen molar-refractivity contribution in [2.75, 3.05) is 0 Å². The van der Waals surface area contributed by atoms with E-state index in [-0.39, 0.29) is 18.1 Å². The zero-order valence-corrected chi connectivity index (χ0v) is 13.4. The first-order chi connectivity index (χ1) is 10.5. The molecule has 2 N–H and O–H groups in total. The molecule has 1 saturated heterocycles. The first-order valence-corrected chi connectivity index (χ1v) is 8.58. The van der Waals surface area contributed by atoms with E-state index in [0.29, 0.717) is 6.42 Å². The van der Waals surface area contributed by atoms with Gasteiger partial charge in [0.25, 0.3) is 0 Å². The van der Waals surface area contributed by atoms with Crippen LogP contribution in [0.4, 0.5) is 0 Å². The Morgan fingerprint density at radius 1 is 1.14 bits per heavy atom. The molecule has 1 aliphatic heterocycles. The van der Waals surface area contributed by atoms with Crippen molar-refractivity contribution in [3.8, 4) is 0 Å². The molecule has 3 fully saturated rings. The van der Waals surface area contributed by atoms with Gasteiger partial charge in [-0.25, -0.2) is 0 Å². The fourth-order valence-electron chi connectivity index (χ4n) is 5.63. The van der Waals surface area contributed by atoms with Crippen LogP contribution in [0.15, 0.2) is 0 Å².